The van der Waals surface area contributed by atoms with Crippen LogP contribution in [-0.4, -0.2) is 25.5 Å². The van der Waals surface area contributed by atoms with Crippen molar-refractivity contribution in [1.29, 1.82) is 5.26 Å². The third kappa shape index (κ3) is 3.90. The summed E-state index contributed by atoms with van der Waals surface area (Å²) in [5, 5.41) is 19.4. The molecule has 1 N–H and O–H groups in total. The number of aryl methyl sites for hydroxylation is 2. The molecular formula is C21H17ClN6OS. The summed E-state index contributed by atoms with van der Waals surface area (Å²) in [6.07, 6.45) is 2.31. The van der Waals surface area contributed by atoms with Crippen LogP contribution in [0.2, 0.25) is 5.02 Å². The maximum Gasteiger partial charge on any atom is 0.226 e. The van der Waals surface area contributed by atoms with E-state index in [9.17, 15) is 10.1 Å². The number of anilines is 1. The van der Waals surface area contributed by atoms with E-state index in [0.717, 1.165) is 28.2 Å². The zero-order chi connectivity index (χ0) is 21.3. The second-order valence-corrected chi connectivity index (χ2v) is 8.05. The minimum Gasteiger partial charge on any atom is -0.302 e. The fourth-order valence-electron chi connectivity index (χ4n) is 3.26. The van der Waals surface area contributed by atoms with Crippen LogP contribution < -0.4 is 5.32 Å². The average molecular weight is 437 g/mol. The number of aromatic nitrogens is 4. The highest BCUT2D eigenvalue weighted by Gasteiger charge is 2.15. The Bertz CT molecular complexity index is 1290. The van der Waals surface area contributed by atoms with Crippen LogP contribution in [0.1, 0.15) is 28.9 Å². The smallest absolute Gasteiger partial charge is 0.226 e. The Kier molecular flexibility index (Phi) is 5.48. The van der Waals surface area contributed by atoms with Crippen molar-refractivity contribution in [2.24, 2.45) is 0 Å². The number of halogens is 1. The van der Waals surface area contributed by atoms with Crippen molar-refractivity contribution in [2.45, 2.75) is 26.7 Å². The number of rotatable bonds is 5. The van der Waals surface area contributed by atoms with E-state index < -0.39 is 0 Å². The van der Waals surface area contributed by atoms with Gasteiger partial charge >= 0.3 is 0 Å². The second kappa shape index (κ2) is 8.22. The Balaban J connectivity index is 1.44. The van der Waals surface area contributed by atoms with Gasteiger partial charge in [0, 0.05) is 33.8 Å². The number of carbonyl (C=O) groups is 1. The van der Waals surface area contributed by atoms with Crippen molar-refractivity contribution >= 4 is 39.6 Å². The normalized spacial score (nSPS) is 10.9. The molecule has 3 aromatic heterocycles. The molecule has 0 atom stereocenters. The molecule has 0 aliphatic heterocycles. The molecule has 0 spiro atoms. The summed E-state index contributed by atoms with van der Waals surface area (Å²) in [4.78, 5) is 21.4. The average Bonchev–Trinajstić information content (AvgIpc) is 3.35. The van der Waals surface area contributed by atoms with Crippen LogP contribution in [-0.2, 0) is 11.2 Å². The lowest BCUT2D eigenvalue weighted by atomic mass is 10.1. The van der Waals surface area contributed by atoms with Crippen LogP contribution in [0.5, 0.6) is 0 Å². The number of nitrogens with one attached hydrogen (secondary N) is 1. The number of benzene rings is 1. The molecule has 0 saturated heterocycles. The van der Waals surface area contributed by atoms with E-state index >= 15 is 0 Å². The number of hydrogen-bond acceptors (Lipinski definition) is 6. The van der Waals surface area contributed by atoms with E-state index in [1.807, 2.05) is 43.5 Å². The molecule has 4 aromatic rings. The number of thiazole rings is 1. The van der Waals surface area contributed by atoms with Gasteiger partial charge in [0.05, 0.1) is 11.9 Å². The van der Waals surface area contributed by atoms with Crippen LogP contribution in [0.4, 0.5) is 5.13 Å². The lowest BCUT2D eigenvalue weighted by Gasteiger charge is -2.11. The minimum absolute atomic E-state index is 0.121. The van der Waals surface area contributed by atoms with E-state index in [-0.39, 0.29) is 12.3 Å². The van der Waals surface area contributed by atoms with E-state index in [1.54, 1.807) is 4.52 Å². The first-order valence-corrected chi connectivity index (χ1v) is 10.5. The number of nitriles is 1. The van der Waals surface area contributed by atoms with Crippen molar-refractivity contribution in [3.63, 3.8) is 0 Å². The predicted octanol–water partition coefficient (Wildman–Crippen LogP) is 4.57. The van der Waals surface area contributed by atoms with E-state index in [1.165, 1.54) is 17.5 Å². The molecule has 0 aliphatic carbocycles. The van der Waals surface area contributed by atoms with E-state index in [0.29, 0.717) is 27.8 Å². The molecule has 1 aromatic carbocycles. The molecule has 4 rings (SSSR count). The largest absolute Gasteiger partial charge is 0.302 e. The number of amides is 1. The number of hydrogen-bond donors (Lipinski definition) is 1. The van der Waals surface area contributed by atoms with E-state index in [2.05, 4.69) is 26.5 Å². The summed E-state index contributed by atoms with van der Waals surface area (Å²) < 4.78 is 1.65. The van der Waals surface area contributed by atoms with E-state index in [4.69, 9.17) is 11.6 Å². The first kappa shape index (κ1) is 20.0. The monoisotopic (exact) mass is 436 g/mol. The summed E-state index contributed by atoms with van der Waals surface area (Å²) in [6, 6.07) is 9.50. The number of fused-ring (bicyclic) bond motifs is 1. The minimum atomic E-state index is -0.121. The van der Waals surface area contributed by atoms with Crippen molar-refractivity contribution in [3.8, 4) is 17.3 Å². The van der Waals surface area contributed by atoms with Crippen molar-refractivity contribution in [1.82, 2.24) is 19.6 Å². The fraction of sp³-hybridized carbons (Fsp3) is 0.190. The summed E-state index contributed by atoms with van der Waals surface area (Å²) >= 11 is 7.30. The topological polar surface area (TPSA) is 96.0 Å². The van der Waals surface area contributed by atoms with Gasteiger partial charge in [-0.25, -0.2) is 14.5 Å². The van der Waals surface area contributed by atoms with Gasteiger partial charge in [-0.3, -0.25) is 4.79 Å². The predicted molar refractivity (Wildman–Crippen MR) is 117 cm³/mol. The van der Waals surface area contributed by atoms with Gasteiger partial charge in [0.2, 0.25) is 5.91 Å². The summed E-state index contributed by atoms with van der Waals surface area (Å²) in [7, 11) is 0. The second-order valence-electron chi connectivity index (χ2n) is 6.76. The molecule has 0 aliphatic rings. The molecule has 150 valence electrons. The van der Waals surface area contributed by atoms with Crippen LogP contribution in [0.3, 0.4) is 0 Å². The summed E-state index contributed by atoms with van der Waals surface area (Å²) in [6.45, 7) is 3.80. The summed E-state index contributed by atoms with van der Waals surface area (Å²) in [5.41, 5.74) is 5.34. The van der Waals surface area contributed by atoms with Crippen LogP contribution in [0.25, 0.3) is 16.9 Å². The first-order chi connectivity index (χ1) is 14.5. The Morgan fingerprint density at radius 1 is 1.27 bits per heavy atom. The van der Waals surface area contributed by atoms with Crippen molar-refractivity contribution in [2.75, 3.05) is 5.32 Å². The van der Waals surface area contributed by atoms with Gasteiger partial charge in [-0.05, 0) is 38.0 Å². The molecule has 3 heterocycles. The first-order valence-electron chi connectivity index (χ1n) is 9.21. The van der Waals surface area contributed by atoms with Gasteiger partial charge in [0.15, 0.2) is 10.8 Å². The molecule has 1 amide bonds. The van der Waals surface area contributed by atoms with Gasteiger partial charge in [0.1, 0.15) is 11.6 Å². The zero-order valence-corrected chi connectivity index (χ0v) is 17.9. The standard InChI is InChI=1S/C21H17ClN6OS/c1-12-17(13(2)28-20(25-12)15(9-23)10-24-28)7-8-19(29)27-21-26-18(11-30-21)14-3-5-16(22)6-4-14/h3-6,10-11H,7-8H2,1-2H3,(H,26,27,29). The molecular weight excluding hydrogens is 420 g/mol. The molecule has 9 heteroatoms. The number of nitrogens with zero attached hydrogens (tertiary/aromatic N) is 5. The van der Waals surface area contributed by atoms with Gasteiger partial charge in [0.25, 0.3) is 0 Å². The molecule has 0 saturated carbocycles. The van der Waals surface area contributed by atoms with Crippen LogP contribution in [0, 0.1) is 25.2 Å². The Morgan fingerprint density at radius 2 is 2.03 bits per heavy atom. The highest BCUT2D eigenvalue weighted by Crippen LogP contribution is 2.26. The molecule has 0 fully saturated rings. The highest BCUT2D eigenvalue weighted by molar-refractivity contribution is 7.14. The third-order valence-electron chi connectivity index (χ3n) is 4.82. The zero-order valence-electron chi connectivity index (χ0n) is 16.3. The Hall–Kier alpha value is -3.28. The highest BCUT2D eigenvalue weighted by atomic mass is 35.5. The lowest BCUT2D eigenvalue weighted by Crippen LogP contribution is -2.14. The molecule has 0 radical (unpaired) electrons. The van der Waals surface area contributed by atoms with Crippen LogP contribution >= 0.6 is 22.9 Å². The fourth-order valence-corrected chi connectivity index (χ4v) is 4.12. The molecule has 7 nitrogen and oxygen atoms in total. The SMILES string of the molecule is Cc1nc2c(C#N)cnn2c(C)c1CCC(=O)Nc1nc(-c2ccc(Cl)cc2)cs1. The molecule has 0 bridgehead atoms. The van der Waals surface area contributed by atoms with Crippen LogP contribution in [0.15, 0.2) is 35.8 Å². The van der Waals surface area contributed by atoms with Gasteiger partial charge in [-0.2, -0.15) is 10.4 Å². The third-order valence-corrected chi connectivity index (χ3v) is 5.83. The van der Waals surface area contributed by atoms with Crippen molar-refractivity contribution in [3.05, 3.63) is 63.4 Å². The van der Waals surface area contributed by atoms with Gasteiger partial charge in [-0.15, -0.1) is 11.3 Å². The summed E-state index contributed by atoms with van der Waals surface area (Å²) in [5.74, 6) is -0.121. The van der Waals surface area contributed by atoms with Crippen molar-refractivity contribution < 1.29 is 4.79 Å². The maximum absolute atomic E-state index is 12.5. The van der Waals surface area contributed by atoms with Gasteiger partial charge in [-0.1, -0.05) is 23.7 Å². The number of carbonyl (C=O) groups excluding carboxylic acids is 1. The molecule has 0 unspecified atom stereocenters. The Morgan fingerprint density at radius 3 is 2.77 bits per heavy atom. The maximum atomic E-state index is 12.5. The molecule has 30 heavy (non-hydrogen) atoms. The quantitative estimate of drug-likeness (QED) is 0.494. The Labute approximate surface area is 182 Å². The van der Waals surface area contributed by atoms with Gasteiger partial charge < -0.3 is 5.32 Å². The lowest BCUT2D eigenvalue weighted by molar-refractivity contribution is -0.116.